The van der Waals surface area contributed by atoms with E-state index in [1.54, 1.807) is 14.2 Å². The van der Waals surface area contributed by atoms with Crippen molar-refractivity contribution in [2.45, 2.75) is 31.8 Å². The number of fused-ring (bicyclic) bond motifs is 5. The molecule has 3 heterocycles. The minimum Gasteiger partial charge on any atom is -0.493 e. The largest absolute Gasteiger partial charge is 0.493 e. The van der Waals surface area contributed by atoms with Crippen LogP contribution in [0.3, 0.4) is 0 Å². The molecule has 3 aliphatic rings. The van der Waals surface area contributed by atoms with Crippen LogP contribution in [-0.2, 0) is 19.4 Å². The van der Waals surface area contributed by atoms with Crippen molar-refractivity contribution in [3.63, 3.8) is 0 Å². The standard InChI is InChI=1S/C21H23NO4/c1-23-18-7-13-3-4-17-16-10-21-20(25-12-26-21)8-14(16)5-6-22(17)11-15(13)9-19(18)24-2/h7-10,17H,3-6,11-12H2,1-2H3/t17-/m0/s1. The normalized spacial score (nSPS) is 20.6. The second-order valence-corrected chi connectivity index (χ2v) is 7.16. The van der Waals surface area contributed by atoms with Crippen molar-refractivity contribution in [2.75, 3.05) is 27.6 Å². The van der Waals surface area contributed by atoms with Crippen LogP contribution in [0.1, 0.15) is 34.7 Å². The smallest absolute Gasteiger partial charge is 0.231 e. The van der Waals surface area contributed by atoms with Crippen molar-refractivity contribution in [1.82, 2.24) is 4.90 Å². The van der Waals surface area contributed by atoms with Gasteiger partial charge in [0, 0.05) is 19.1 Å². The predicted octanol–water partition coefficient (Wildman–Crippen LogP) is 3.48. The van der Waals surface area contributed by atoms with Crippen molar-refractivity contribution in [2.24, 2.45) is 0 Å². The van der Waals surface area contributed by atoms with Crippen molar-refractivity contribution in [1.29, 1.82) is 0 Å². The molecule has 0 N–H and O–H groups in total. The number of benzene rings is 2. The maximum atomic E-state index is 5.62. The molecule has 5 nitrogen and oxygen atoms in total. The third-order valence-corrected chi connectivity index (χ3v) is 5.87. The lowest BCUT2D eigenvalue weighted by molar-refractivity contribution is 0.172. The van der Waals surface area contributed by atoms with Gasteiger partial charge < -0.3 is 18.9 Å². The molecule has 0 spiro atoms. The number of nitrogens with zero attached hydrogens (tertiary/aromatic N) is 1. The first-order valence-electron chi connectivity index (χ1n) is 9.17. The van der Waals surface area contributed by atoms with Crippen LogP contribution >= 0.6 is 0 Å². The van der Waals surface area contributed by atoms with Gasteiger partial charge in [0.15, 0.2) is 23.0 Å². The molecule has 0 bridgehead atoms. The first kappa shape index (κ1) is 15.8. The summed E-state index contributed by atoms with van der Waals surface area (Å²) in [5.74, 6) is 3.40. The highest BCUT2D eigenvalue weighted by Gasteiger charge is 2.32. The minimum absolute atomic E-state index is 0.331. The van der Waals surface area contributed by atoms with Crippen LogP contribution in [0.5, 0.6) is 23.0 Å². The van der Waals surface area contributed by atoms with Crippen LogP contribution in [0.25, 0.3) is 0 Å². The van der Waals surface area contributed by atoms with E-state index in [-0.39, 0.29) is 0 Å². The van der Waals surface area contributed by atoms with Gasteiger partial charge in [0.1, 0.15) is 0 Å². The molecule has 136 valence electrons. The van der Waals surface area contributed by atoms with Crippen molar-refractivity contribution in [3.05, 3.63) is 46.5 Å². The number of methoxy groups -OCH3 is 2. The maximum Gasteiger partial charge on any atom is 0.231 e. The molecule has 0 fully saturated rings. The predicted molar refractivity (Wildman–Crippen MR) is 97.3 cm³/mol. The number of aryl methyl sites for hydroxylation is 1. The zero-order valence-corrected chi connectivity index (χ0v) is 15.2. The molecule has 0 aliphatic carbocycles. The zero-order valence-electron chi connectivity index (χ0n) is 15.2. The summed E-state index contributed by atoms with van der Waals surface area (Å²) >= 11 is 0. The van der Waals surface area contributed by atoms with Gasteiger partial charge in [-0.1, -0.05) is 0 Å². The Hall–Kier alpha value is -2.40. The molecule has 0 radical (unpaired) electrons. The number of rotatable bonds is 2. The van der Waals surface area contributed by atoms with Crippen LogP contribution in [0.15, 0.2) is 24.3 Å². The van der Waals surface area contributed by atoms with Crippen LogP contribution in [0, 0.1) is 0 Å². The van der Waals surface area contributed by atoms with Gasteiger partial charge in [-0.2, -0.15) is 0 Å². The summed E-state index contributed by atoms with van der Waals surface area (Å²) in [4.78, 5) is 2.59. The Balaban J connectivity index is 1.52. The minimum atomic E-state index is 0.331. The molecule has 2 aromatic rings. The average molecular weight is 353 g/mol. The van der Waals surface area contributed by atoms with E-state index >= 15 is 0 Å². The van der Waals surface area contributed by atoms with Gasteiger partial charge in [-0.25, -0.2) is 0 Å². The molecule has 5 rings (SSSR count). The van der Waals surface area contributed by atoms with E-state index in [4.69, 9.17) is 18.9 Å². The Morgan fingerprint density at radius 3 is 2.38 bits per heavy atom. The molecule has 0 saturated heterocycles. The average Bonchev–Trinajstić information content (AvgIpc) is 3.04. The Kier molecular flexibility index (Phi) is 3.71. The van der Waals surface area contributed by atoms with Gasteiger partial charge >= 0.3 is 0 Å². The lowest BCUT2D eigenvalue weighted by atomic mass is 9.89. The SMILES string of the molecule is COc1cc2c(cc1OC)CN1CCc3cc4c(cc3[C@@H]1CC2)OCO4. The second kappa shape index (κ2) is 6.09. The van der Waals surface area contributed by atoms with Crippen LogP contribution in [-0.4, -0.2) is 32.5 Å². The third kappa shape index (κ3) is 2.42. The molecule has 26 heavy (non-hydrogen) atoms. The molecule has 0 aromatic heterocycles. The summed E-state index contributed by atoms with van der Waals surface area (Å²) in [6.07, 6.45) is 3.17. The van der Waals surface area contributed by atoms with Crippen molar-refractivity contribution < 1.29 is 18.9 Å². The fourth-order valence-electron chi connectivity index (χ4n) is 4.52. The van der Waals surface area contributed by atoms with Crippen LogP contribution in [0.4, 0.5) is 0 Å². The van der Waals surface area contributed by atoms with E-state index in [0.717, 1.165) is 55.4 Å². The monoisotopic (exact) mass is 353 g/mol. The second-order valence-electron chi connectivity index (χ2n) is 7.16. The van der Waals surface area contributed by atoms with E-state index in [9.17, 15) is 0 Å². The molecule has 0 amide bonds. The van der Waals surface area contributed by atoms with Crippen LogP contribution < -0.4 is 18.9 Å². The van der Waals surface area contributed by atoms with Gasteiger partial charge in [0.05, 0.1) is 14.2 Å². The van der Waals surface area contributed by atoms with Crippen LogP contribution in [0.2, 0.25) is 0 Å². The molecular weight excluding hydrogens is 330 g/mol. The maximum absolute atomic E-state index is 5.62. The highest BCUT2D eigenvalue weighted by atomic mass is 16.7. The Labute approximate surface area is 153 Å². The fourth-order valence-corrected chi connectivity index (χ4v) is 4.52. The summed E-state index contributed by atoms with van der Waals surface area (Å²) in [7, 11) is 3.40. The molecule has 5 heteroatoms. The zero-order chi connectivity index (χ0) is 17.7. The fraction of sp³-hybridized carbons (Fsp3) is 0.429. The molecule has 1 atom stereocenters. The van der Waals surface area contributed by atoms with E-state index in [1.807, 2.05) is 0 Å². The number of hydrogen-bond donors (Lipinski definition) is 0. The lowest BCUT2D eigenvalue weighted by Crippen LogP contribution is -2.34. The third-order valence-electron chi connectivity index (χ3n) is 5.87. The number of ether oxygens (including phenoxy) is 4. The number of hydrogen-bond acceptors (Lipinski definition) is 5. The van der Waals surface area contributed by atoms with Gasteiger partial charge in [0.25, 0.3) is 0 Å². The topological polar surface area (TPSA) is 40.2 Å². The van der Waals surface area contributed by atoms with E-state index < -0.39 is 0 Å². The van der Waals surface area contributed by atoms with E-state index in [2.05, 4.69) is 29.2 Å². The quantitative estimate of drug-likeness (QED) is 0.827. The lowest BCUT2D eigenvalue weighted by Gasteiger charge is -2.36. The highest BCUT2D eigenvalue weighted by Crippen LogP contribution is 2.44. The summed E-state index contributed by atoms with van der Waals surface area (Å²) in [6.45, 7) is 2.33. The molecule has 3 aliphatic heterocycles. The van der Waals surface area contributed by atoms with Gasteiger partial charge in [0.2, 0.25) is 6.79 Å². The Morgan fingerprint density at radius 2 is 1.62 bits per heavy atom. The first-order chi connectivity index (χ1) is 12.8. The summed E-state index contributed by atoms with van der Waals surface area (Å²) in [5.41, 5.74) is 5.50. The summed E-state index contributed by atoms with van der Waals surface area (Å²) in [6, 6.07) is 9.08. The molecular formula is C21H23NO4. The molecule has 2 aromatic carbocycles. The van der Waals surface area contributed by atoms with Crippen molar-refractivity contribution >= 4 is 0 Å². The van der Waals surface area contributed by atoms with E-state index in [1.165, 1.54) is 22.3 Å². The highest BCUT2D eigenvalue weighted by molar-refractivity contribution is 5.52. The summed E-state index contributed by atoms with van der Waals surface area (Å²) < 4.78 is 22.2. The van der Waals surface area contributed by atoms with Crippen molar-refractivity contribution in [3.8, 4) is 23.0 Å². The first-order valence-corrected chi connectivity index (χ1v) is 9.17. The van der Waals surface area contributed by atoms with Gasteiger partial charge in [-0.05, 0) is 65.8 Å². The van der Waals surface area contributed by atoms with Gasteiger partial charge in [-0.15, -0.1) is 0 Å². The molecule has 0 saturated carbocycles. The summed E-state index contributed by atoms with van der Waals surface area (Å²) in [5, 5.41) is 0. The van der Waals surface area contributed by atoms with E-state index in [0.29, 0.717) is 12.8 Å². The molecule has 0 unspecified atom stereocenters. The Bertz CT molecular complexity index is 864. The van der Waals surface area contributed by atoms with Gasteiger partial charge in [-0.3, -0.25) is 4.90 Å². The Morgan fingerprint density at radius 1 is 0.885 bits per heavy atom.